The molecule has 0 saturated carbocycles. The van der Waals surface area contributed by atoms with Crippen molar-refractivity contribution in [2.24, 2.45) is 0 Å². The molecule has 0 radical (unpaired) electrons. The summed E-state index contributed by atoms with van der Waals surface area (Å²) >= 11 is 0. The zero-order chi connectivity index (χ0) is 15.9. The smallest absolute Gasteiger partial charge is 0.119 e. The van der Waals surface area contributed by atoms with Gasteiger partial charge < -0.3 is 14.2 Å². The molecule has 1 atom stereocenters. The number of morpholine rings is 2. The molecule has 0 aromatic heterocycles. The van der Waals surface area contributed by atoms with Crippen molar-refractivity contribution in [3.05, 3.63) is 29.8 Å². The van der Waals surface area contributed by atoms with Crippen molar-refractivity contribution in [1.29, 1.82) is 0 Å². The Morgan fingerprint density at radius 3 is 2.78 bits per heavy atom. The maximum Gasteiger partial charge on any atom is 0.119 e. The van der Waals surface area contributed by atoms with Crippen molar-refractivity contribution in [2.45, 2.75) is 13.0 Å². The van der Waals surface area contributed by atoms with Crippen molar-refractivity contribution in [2.75, 3.05) is 65.7 Å². The van der Waals surface area contributed by atoms with Crippen molar-refractivity contribution in [3.8, 4) is 5.75 Å². The summed E-state index contributed by atoms with van der Waals surface area (Å²) in [6.07, 6.45) is 0.306. The van der Waals surface area contributed by atoms with Crippen LogP contribution >= 0.6 is 0 Å². The van der Waals surface area contributed by atoms with Crippen LogP contribution < -0.4 is 4.74 Å². The molecule has 2 aliphatic rings. The van der Waals surface area contributed by atoms with Gasteiger partial charge in [-0.3, -0.25) is 9.80 Å². The van der Waals surface area contributed by atoms with Gasteiger partial charge in [0, 0.05) is 39.3 Å². The average molecular weight is 320 g/mol. The molecule has 0 spiro atoms. The van der Waals surface area contributed by atoms with Gasteiger partial charge >= 0.3 is 0 Å². The second-order valence-electron chi connectivity index (χ2n) is 6.37. The van der Waals surface area contributed by atoms with Crippen LogP contribution in [0.3, 0.4) is 0 Å². The lowest BCUT2D eigenvalue weighted by Crippen LogP contribution is -2.50. The lowest BCUT2D eigenvalue weighted by atomic mass is 10.2. The van der Waals surface area contributed by atoms with Crippen LogP contribution in [0, 0.1) is 6.92 Å². The number of nitrogens with zero attached hydrogens (tertiary/aromatic N) is 2. The molecule has 0 N–H and O–H groups in total. The molecule has 1 unspecified atom stereocenters. The normalized spacial score (nSPS) is 23.8. The third kappa shape index (κ3) is 5.46. The fraction of sp³-hybridized carbons (Fsp3) is 0.667. The van der Waals surface area contributed by atoms with Crippen LogP contribution in [0.25, 0.3) is 0 Å². The molecular formula is C18H28N2O3. The molecular weight excluding hydrogens is 292 g/mol. The zero-order valence-electron chi connectivity index (χ0n) is 14.1. The Kier molecular flexibility index (Phi) is 6.28. The van der Waals surface area contributed by atoms with E-state index in [9.17, 15) is 0 Å². The summed E-state index contributed by atoms with van der Waals surface area (Å²) in [7, 11) is 0. The van der Waals surface area contributed by atoms with E-state index in [-0.39, 0.29) is 0 Å². The predicted octanol–water partition coefficient (Wildman–Crippen LogP) is 1.41. The van der Waals surface area contributed by atoms with Crippen LogP contribution in [0.2, 0.25) is 0 Å². The SMILES string of the molecule is Cc1cccc(OCCN2CCOC(CN3CCOCC3)C2)c1. The van der Waals surface area contributed by atoms with E-state index in [1.54, 1.807) is 0 Å². The Morgan fingerprint density at radius 2 is 1.96 bits per heavy atom. The first-order valence-electron chi connectivity index (χ1n) is 8.63. The van der Waals surface area contributed by atoms with Gasteiger partial charge in [-0.2, -0.15) is 0 Å². The number of ether oxygens (including phenoxy) is 3. The summed E-state index contributed by atoms with van der Waals surface area (Å²) in [5.74, 6) is 0.961. The molecule has 2 saturated heterocycles. The predicted molar refractivity (Wildman–Crippen MR) is 90.1 cm³/mol. The van der Waals surface area contributed by atoms with E-state index in [0.29, 0.717) is 6.10 Å². The highest BCUT2D eigenvalue weighted by Crippen LogP contribution is 2.13. The summed E-state index contributed by atoms with van der Waals surface area (Å²) in [6, 6.07) is 8.23. The summed E-state index contributed by atoms with van der Waals surface area (Å²) in [5.41, 5.74) is 1.24. The highest BCUT2D eigenvalue weighted by molar-refractivity contribution is 5.27. The van der Waals surface area contributed by atoms with Gasteiger partial charge in [-0.1, -0.05) is 12.1 Å². The Labute approximate surface area is 139 Å². The van der Waals surface area contributed by atoms with E-state index in [2.05, 4.69) is 28.9 Å². The van der Waals surface area contributed by atoms with Crippen molar-refractivity contribution < 1.29 is 14.2 Å². The Morgan fingerprint density at radius 1 is 1.13 bits per heavy atom. The molecule has 0 bridgehead atoms. The summed E-state index contributed by atoms with van der Waals surface area (Å²) in [5, 5.41) is 0. The summed E-state index contributed by atoms with van der Waals surface area (Å²) < 4.78 is 17.2. The number of aryl methyl sites for hydroxylation is 1. The first kappa shape index (κ1) is 16.7. The maximum absolute atomic E-state index is 5.93. The van der Waals surface area contributed by atoms with E-state index in [4.69, 9.17) is 14.2 Å². The van der Waals surface area contributed by atoms with E-state index in [1.807, 2.05) is 12.1 Å². The standard InChI is InChI=1S/C18H28N2O3/c1-16-3-2-4-17(13-16)22-11-7-20-8-12-23-18(15-20)14-19-5-9-21-10-6-19/h2-4,13,18H,5-12,14-15H2,1H3. The van der Waals surface area contributed by atoms with Crippen LogP contribution in [0.1, 0.15) is 5.56 Å². The molecule has 2 fully saturated rings. The van der Waals surface area contributed by atoms with Crippen molar-refractivity contribution >= 4 is 0 Å². The molecule has 2 heterocycles. The maximum atomic E-state index is 5.93. The third-order valence-electron chi connectivity index (χ3n) is 4.45. The second-order valence-corrected chi connectivity index (χ2v) is 6.37. The van der Waals surface area contributed by atoms with E-state index >= 15 is 0 Å². The van der Waals surface area contributed by atoms with Gasteiger partial charge in [-0.15, -0.1) is 0 Å². The molecule has 0 amide bonds. The quantitative estimate of drug-likeness (QED) is 0.792. The lowest BCUT2D eigenvalue weighted by molar-refractivity contribution is -0.0586. The third-order valence-corrected chi connectivity index (χ3v) is 4.45. The Balaban J connectivity index is 1.38. The largest absolute Gasteiger partial charge is 0.492 e. The van der Waals surface area contributed by atoms with Gasteiger partial charge in [0.05, 0.1) is 25.9 Å². The second kappa shape index (κ2) is 8.64. The van der Waals surface area contributed by atoms with Crippen LogP contribution in [-0.4, -0.2) is 81.6 Å². The molecule has 0 aliphatic carbocycles. The topological polar surface area (TPSA) is 34.2 Å². The fourth-order valence-electron chi connectivity index (χ4n) is 3.16. The number of hydrogen-bond acceptors (Lipinski definition) is 5. The molecule has 3 rings (SSSR count). The van der Waals surface area contributed by atoms with Gasteiger partial charge in [-0.25, -0.2) is 0 Å². The molecule has 1 aromatic carbocycles. The molecule has 23 heavy (non-hydrogen) atoms. The van der Waals surface area contributed by atoms with E-state index < -0.39 is 0 Å². The van der Waals surface area contributed by atoms with Gasteiger partial charge in [0.2, 0.25) is 0 Å². The van der Waals surface area contributed by atoms with Crippen LogP contribution in [0.4, 0.5) is 0 Å². The molecule has 2 aliphatic heterocycles. The monoisotopic (exact) mass is 320 g/mol. The van der Waals surface area contributed by atoms with Crippen molar-refractivity contribution in [1.82, 2.24) is 9.80 Å². The zero-order valence-corrected chi connectivity index (χ0v) is 14.1. The molecule has 1 aromatic rings. The minimum atomic E-state index is 0.306. The van der Waals surface area contributed by atoms with E-state index in [0.717, 1.165) is 71.4 Å². The minimum Gasteiger partial charge on any atom is -0.492 e. The van der Waals surface area contributed by atoms with Crippen LogP contribution in [0.5, 0.6) is 5.75 Å². The van der Waals surface area contributed by atoms with Gasteiger partial charge in [0.25, 0.3) is 0 Å². The van der Waals surface area contributed by atoms with Crippen molar-refractivity contribution in [3.63, 3.8) is 0 Å². The van der Waals surface area contributed by atoms with E-state index in [1.165, 1.54) is 5.56 Å². The Hall–Kier alpha value is -1.14. The first-order chi connectivity index (χ1) is 11.3. The van der Waals surface area contributed by atoms with Crippen LogP contribution in [-0.2, 0) is 9.47 Å². The minimum absolute atomic E-state index is 0.306. The highest BCUT2D eigenvalue weighted by atomic mass is 16.5. The number of benzene rings is 1. The first-order valence-corrected chi connectivity index (χ1v) is 8.63. The number of rotatable bonds is 6. The molecule has 5 nitrogen and oxygen atoms in total. The summed E-state index contributed by atoms with van der Waals surface area (Å²) in [4.78, 5) is 4.89. The number of hydrogen-bond donors (Lipinski definition) is 0. The Bertz CT molecular complexity index is 477. The molecule has 128 valence electrons. The van der Waals surface area contributed by atoms with Gasteiger partial charge in [0.1, 0.15) is 12.4 Å². The van der Waals surface area contributed by atoms with Gasteiger partial charge in [0.15, 0.2) is 0 Å². The summed E-state index contributed by atoms with van der Waals surface area (Å²) in [6.45, 7) is 11.3. The highest BCUT2D eigenvalue weighted by Gasteiger charge is 2.23. The lowest BCUT2D eigenvalue weighted by Gasteiger charge is -2.36. The van der Waals surface area contributed by atoms with Gasteiger partial charge in [-0.05, 0) is 24.6 Å². The van der Waals surface area contributed by atoms with Crippen LogP contribution in [0.15, 0.2) is 24.3 Å². The average Bonchev–Trinajstić information content (AvgIpc) is 2.56. The fourth-order valence-corrected chi connectivity index (χ4v) is 3.16. The molecule has 5 heteroatoms.